The number of carbonyl (C=O) groups is 1. The standard InChI is InChI=1S/C29H49NO5S/c1-3-4-14-17-32-19-21-34-23-24-35-22-20-33-18-15-12-10-8-6-5-7-9-11-13-16-30-29(31)28-25-27(2)36-26-28/h25-26H,5-24H2,1-2H3,(H,30,31). The van der Waals surface area contributed by atoms with E-state index in [9.17, 15) is 4.79 Å². The van der Waals surface area contributed by atoms with E-state index < -0.39 is 0 Å². The van der Waals surface area contributed by atoms with Gasteiger partial charge in [-0.3, -0.25) is 4.79 Å². The molecule has 7 heteroatoms. The molecule has 0 saturated heterocycles. The Balaban J connectivity index is 1.68. The van der Waals surface area contributed by atoms with E-state index in [4.69, 9.17) is 18.9 Å². The Hall–Kier alpha value is -1.43. The lowest BCUT2D eigenvalue weighted by atomic mass is 10.1. The van der Waals surface area contributed by atoms with Crippen molar-refractivity contribution in [1.29, 1.82) is 0 Å². The molecule has 0 spiro atoms. The summed E-state index contributed by atoms with van der Waals surface area (Å²) in [6, 6.07) is 1.95. The predicted octanol–water partition coefficient (Wildman–Crippen LogP) is 6.17. The van der Waals surface area contributed by atoms with Gasteiger partial charge in [-0.2, -0.15) is 0 Å². The maximum atomic E-state index is 12.0. The van der Waals surface area contributed by atoms with Crippen molar-refractivity contribution < 1.29 is 23.7 Å². The maximum Gasteiger partial charge on any atom is 0.252 e. The van der Waals surface area contributed by atoms with E-state index in [1.807, 2.05) is 25.3 Å². The van der Waals surface area contributed by atoms with Gasteiger partial charge in [-0.15, -0.1) is 23.2 Å². The number of hydrogen-bond donors (Lipinski definition) is 1. The van der Waals surface area contributed by atoms with Crippen molar-refractivity contribution in [2.24, 2.45) is 0 Å². The summed E-state index contributed by atoms with van der Waals surface area (Å²) in [6.07, 6.45) is 13.2. The Bertz CT molecular complexity index is 697. The zero-order chi connectivity index (χ0) is 25.9. The first kappa shape index (κ1) is 32.6. The third-order valence-electron chi connectivity index (χ3n) is 5.66. The number of ether oxygens (including phenoxy) is 4. The molecule has 0 saturated carbocycles. The highest BCUT2D eigenvalue weighted by Gasteiger charge is 2.05. The highest BCUT2D eigenvalue weighted by Crippen LogP contribution is 2.13. The van der Waals surface area contributed by atoms with Crippen LogP contribution in [-0.4, -0.2) is 65.3 Å². The van der Waals surface area contributed by atoms with Gasteiger partial charge in [0.15, 0.2) is 0 Å². The predicted molar refractivity (Wildman–Crippen MR) is 149 cm³/mol. The van der Waals surface area contributed by atoms with Crippen LogP contribution in [0.4, 0.5) is 0 Å². The molecule has 0 radical (unpaired) electrons. The van der Waals surface area contributed by atoms with Gasteiger partial charge in [-0.05, 0) is 32.8 Å². The third-order valence-corrected chi connectivity index (χ3v) is 6.52. The first-order valence-corrected chi connectivity index (χ1v) is 14.7. The number of amides is 1. The van der Waals surface area contributed by atoms with Gasteiger partial charge in [0.05, 0.1) is 51.8 Å². The molecule has 6 nitrogen and oxygen atoms in total. The fourth-order valence-electron chi connectivity index (χ4n) is 3.62. The minimum absolute atomic E-state index is 0.0610. The zero-order valence-corrected chi connectivity index (χ0v) is 23.6. The van der Waals surface area contributed by atoms with Gasteiger partial charge in [0.2, 0.25) is 0 Å². The Morgan fingerprint density at radius 1 is 0.750 bits per heavy atom. The maximum absolute atomic E-state index is 12.0. The summed E-state index contributed by atoms with van der Waals surface area (Å²) in [5.74, 6) is 5.87. The van der Waals surface area contributed by atoms with E-state index in [0.29, 0.717) is 46.2 Å². The molecule has 0 aliphatic rings. The van der Waals surface area contributed by atoms with Crippen molar-refractivity contribution in [2.45, 2.75) is 84.5 Å². The number of unbranched alkanes of at least 4 members (excludes halogenated alkanes) is 9. The van der Waals surface area contributed by atoms with Crippen LogP contribution in [0.5, 0.6) is 0 Å². The number of hydrogen-bond acceptors (Lipinski definition) is 6. The summed E-state index contributed by atoms with van der Waals surface area (Å²) in [6.45, 7) is 9.78. The van der Waals surface area contributed by atoms with E-state index in [1.165, 1.54) is 56.2 Å². The molecule has 1 rings (SSSR count). The quantitative estimate of drug-likeness (QED) is 0.123. The topological polar surface area (TPSA) is 66.0 Å². The van der Waals surface area contributed by atoms with Crippen LogP contribution in [0, 0.1) is 18.8 Å². The molecule has 36 heavy (non-hydrogen) atoms. The van der Waals surface area contributed by atoms with E-state index in [-0.39, 0.29) is 5.91 Å². The summed E-state index contributed by atoms with van der Waals surface area (Å²) in [5, 5.41) is 4.95. The second-order valence-electron chi connectivity index (χ2n) is 8.86. The van der Waals surface area contributed by atoms with E-state index in [2.05, 4.69) is 17.2 Å². The van der Waals surface area contributed by atoms with Gasteiger partial charge in [0.25, 0.3) is 5.91 Å². The summed E-state index contributed by atoms with van der Waals surface area (Å²) in [7, 11) is 0. The Labute approximate surface area is 223 Å². The fourth-order valence-corrected chi connectivity index (χ4v) is 4.30. The normalized spacial score (nSPS) is 10.8. The molecule has 0 aliphatic carbocycles. The Morgan fingerprint density at radius 3 is 1.78 bits per heavy atom. The number of thiophene rings is 1. The van der Waals surface area contributed by atoms with Crippen LogP contribution in [0.15, 0.2) is 11.4 Å². The van der Waals surface area contributed by atoms with E-state index in [0.717, 1.165) is 38.0 Å². The SMILES string of the molecule is CC#CCCOCCOCCOCCOCCCCCCCCCCCCNC(=O)c1csc(C)c1. The van der Waals surface area contributed by atoms with Gasteiger partial charge in [-0.1, -0.05) is 51.4 Å². The summed E-state index contributed by atoms with van der Waals surface area (Å²) >= 11 is 1.62. The van der Waals surface area contributed by atoms with Crippen LogP contribution >= 0.6 is 11.3 Å². The summed E-state index contributed by atoms with van der Waals surface area (Å²) in [4.78, 5) is 13.1. The van der Waals surface area contributed by atoms with Crippen LogP contribution in [0.25, 0.3) is 0 Å². The summed E-state index contributed by atoms with van der Waals surface area (Å²) in [5.41, 5.74) is 0.794. The first-order chi connectivity index (χ1) is 17.7. The lowest BCUT2D eigenvalue weighted by Crippen LogP contribution is -2.23. The Morgan fingerprint density at radius 2 is 1.25 bits per heavy atom. The van der Waals surface area contributed by atoms with Crippen LogP contribution in [-0.2, 0) is 18.9 Å². The highest BCUT2D eigenvalue weighted by molar-refractivity contribution is 7.10. The van der Waals surface area contributed by atoms with Crippen molar-refractivity contribution in [2.75, 3.05) is 59.4 Å². The minimum atomic E-state index is 0.0610. The highest BCUT2D eigenvalue weighted by atomic mass is 32.1. The molecule has 1 aromatic heterocycles. The monoisotopic (exact) mass is 523 g/mol. The first-order valence-electron chi connectivity index (χ1n) is 13.8. The fraction of sp³-hybridized carbons (Fsp3) is 0.759. The van der Waals surface area contributed by atoms with Crippen molar-refractivity contribution in [3.63, 3.8) is 0 Å². The van der Waals surface area contributed by atoms with Gasteiger partial charge < -0.3 is 24.3 Å². The molecule has 1 N–H and O–H groups in total. The molecule has 1 heterocycles. The molecular formula is C29H49NO5S. The van der Waals surface area contributed by atoms with Crippen molar-refractivity contribution >= 4 is 17.2 Å². The van der Waals surface area contributed by atoms with Crippen LogP contribution in [0.3, 0.4) is 0 Å². The molecule has 1 aromatic rings. The van der Waals surface area contributed by atoms with Gasteiger partial charge in [0.1, 0.15) is 0 Å². The molecule has 0 atom stereocenters. The molecular weight excluding hydrogens is 474 g/mol. The number of aryl methyl sites for hydroxylation is 1. The van der Waals surface area contributed by atoms with Gasteiger partial charge in [-0.25, -0.2) is 0 Å². The van der Waals surface area contributed by atoms with Crippen LogP contribution in [0.2, 0.25) is 0 Å². The molecule has 0 aromatic carbocycles. The molecule has 0 fully saturated rings. The number of carbonyl (C=O) groups excluding carboxylic acids is 1. The van der Waals surface area contributed by atoms with Crippen molar-refractivity contribution in [3.05, 3.63) is 21.9 Å². The molecule has 0 aliphatic heterocycles. The average molecular weight is 524 g/mol. The number of nitrogens with one attached hydrogen (secondary N) is 1. The van der Waals surface area contributed by atoms with Crippen molar-refractivity contribution in [3.8, 4) is 11.8 Å². The third kappa shape index (κ3) is 20.7. The van der Waals surface area contributed by atoms with Crippen LogP contribution < -0.4 is 5.32 Å². The molecule has 206 valence electrons. The second kappa shape index (κ2) is 25.2. The van der Waals surface area contributed by atoms with Crippen molar-refractivity contribution in [1.82, 2.24) is 5.32 Å². The molecule has 1 amide bonds. The Kier molecular flexibility index (Phi) is 22.8. The van der Waals surface area contributed by atoms with Gasteiger partial charge in [0, 0.05) is 29.8 Å². The zero-order valence-electron chi connectivity index (χ0n) is 22.7. The lowest BCUT2D eigenvalue weighted by molar-refractivity contribution is -0.00157. The second-order valence-corrected chi connectivity index (χ2v) is 9.98. The van der Waals surface area contributed by atoms with Gasteiger partial charge >= 0.3 is 0 Å². The average Bonchev–Trinajstić information content (AvgIpc) is 3.32. The van der Waals surface area contributed by atoms with E-state index >= 15 is 0 Å². The molecule has 0 bridgehead atoms. The van der Waals surface area contributed by atoms with E-state index in [1.54, 1.807) is 11.3 Å². The molecule has 0 unspecified atom stereocenters. The van der Waals surface area contributed by atoms with Crippen LogP contribution in [0.1, 0.15) is 92.8 Å². The smallest absolute Gasteiger partial charge is 0.252 e. The summed E-state index contributed by atoms with van der Waals surface area (Å²) < 4.78 is 22.0. The number of rotatable bonds is 25. The minimum Gasteiger partial charge on any atom is -0.379 e. The largest absolute Gasteiger partial charge is 0.379 e. The lowest BCUT2D eigenvalue weighted by Gasteiger charge is -2.07.